The number of hydrogen-bond acceptors (Lipinski definition) is 5. The standard InChI is InChI=1S/C30H29N2S.C13H24O2.Ir/c1-19(2)12-23-16-31-17-25-26(18-33-29(23)25)21-10-11-32-28(15-21)22-13-20-8-6-7-9-24(20)27(14-22)30(3,4)5;1-5-10(6-2)12(14)9-13(15)11(7-3)8-4;/h6-11,14-19H,12H2,1-5H3;9-11,14H,5-8H2,1-4H3;/q-1;;/b;12-9-;. The van der Waals surface area contributed by atoms with Crippen LogP contribution in [0.4, 0.5) is 0 Å². The van der Waals surface area contributed by atoms with Crippen LogP contribution in [0.1, 0.15) is 99.1 Å². The monoisotopic (exact) mass is 854 g/mol. The number of rotatable bonds is 11. The Labute approximate surface area is 311 Å². The van der Waals surface area contributed by atoms with Crippen LogP contribution < -0.4 is 0 Å². The second-order valence-electron chi connectivity index (χ2n) is 14.2. The van der Waals surface area contributed by atoms with Gasteiger partial charge in [-0.3, -0.25) is 14.8 Å². The quantitative estimate of drug-likeness (QED) is 0.0817. The minimum atomic E-state index is 0. The number of aromatic nitrogens is 2. The Hall–Kier alpha value is -3.18. The van der Waals surface area contributed by atoms with Crippen molar-refractivity contribution in [3.8, 4) is 22.4 Å². The first-order chi connectivity index (χ1) is 22.9. The molecule has 5 rings (SSSR count). The minimum Gasteiger partial charge on any atom is -0.512 e. The molecule has 4 nitrogen and oxygen atoms in total. The van der Waals surface area contributed by atoms with Crippen LogP contribution in [0.3, 0.4) is 0 Å². The van der Waals surface area contributed by atoms with Crippen LogP contribution >= 0.6 is 11.3 Å². The van der Waals surface area contributed by atoms with Crippen LogP contribution in [0.5, 0.6) is 0 Å². The number of allylic oxidation sites excluding steroid dienone is 2. The van der Waals surface area contributed by atoms with Crippen molar-refractivity contribution in [3.63, 3.8) is 0 Å². The molecule has 0 aliphatic carbocycles. The molecule has 0 fully saturated rings. The third kappa shape index (κ3) is 9.96. The molecule has 0 amide bonds. The van der Waals surface area contributed by atoms with Gasteiger partial charge in [0.2, 0.25) is 0 Å². The fraction of sp³-hybridized carbons (Fsp3) is 0.419. The van der Waals surface area contributed by atoms with Crippen LogP contribution in [-0.2, 0) is 36.7 Å². The molecule has 3 heterocycles. The van der Waals surface area contributed by atoms with E-state index in [9.17, 15) is 9.90 Å². The average Bonchev–Trinajstić information content (AvgIpc) is 3.50. The topological polar surface area (TPSA) is 63.1 Å². The van der Waals surface area contributed by atoms with E-state index in [0.717, 1.165) is 48.7 Å². The zero-order valence-electron chi connectivity index (χ0n) is 30.7. The number of fused-ring (bicyclic) bond motifs is 2. The van der Waals surface area contributed by atoms with Crippen molar-refractivity contribution in [2.75, 3.05) is 0 Å². The Morgan fingerprint density at radius 1 is 0.939 bits per heavy atom. The molecule has 1 N–H and O–H groups in total. The van der Waals surface area contributed by atoms with E-state index in [1.165, 1.54) is 43.8 Å². The van der Waals surface area contributed by atoms with Gasteiger partial charge in [-0.1, -0.05) is 97.5 Å². The van der Waals surface area contributed by atoms with Gasteiger partial charge in [0, 0.05) is 78.0 Å². The Morgan fingerprint density at radius 2 is 1.61 bits per heavy atom. The molecule has 0 saturated heterocycles. The van der Waals surface area contributed by atoms with Crippen molar-refractivity contribution in [3.05, 3.63) is 95.5 Å². The van der Waals surface area contributed by atoms with Gasteiger partial charge in [-0.2, -0.15) is 0 Å². The molecule has 0 unspecified atom stereocenters. The second-order valence-corrected chi connectivity index (χ2v) is 15.1. The molecule has 0 bridgehead atoms. The molecule has 3 aromatic heterocycles. The summed E-state index contributed by atoms with van der Waals surface area (Å²) in [5.74, 6) is 1.15. The normalized spacial score (nSPS) is 12.0. The fourth-order valence-corrected chi connectivity index (χ4v) is 7.40. The Morgan fingerprint density at radius 3 is 2.24 bits per heavy atom. The summed E-state index contributed by atoms with van der Waals surface area (Å²) in [5, 5.41) is 15.6. The molecule has 0 spiro atoms. The number of pyridine rings is 2. The number of benzene rings is 2. The first-order valence-electron chi connectivity index (χ1n) is 17.6. The van der Waals surface area contributed by atoms with E-state index in [0.29, 0.717) is 5.92 Å². The number of aliphatic hydroxyl groups is 1. The van der Waals surface area contributed by atoms with Crippen molar-refractivity contribution in [2.24, 2.45) is 17.8 Å². The van der Waals surface area contributed by atoms with Gasteiger partial charge >= 0.3 is 0 Å². The average molecular weight is 854 g/mol. The van der Waals surface area contributed by atoms with E-state index >= 15 is 0 Å². The predicted molar refractivity (Wildman–Crippen MR) is 206 cm³/mol. The van der Waals surface area contributed by atoms with Crippen LogP contribution in [-0.4, -0.2) is 20.9 Å². The molecule has 0 aliphatic rings. The van der Waals surface area contributed by atoms with Crippen molar-refractivity contribution in [1.29, 1.82) is 0 Å². The molecular formula is C43H53IrN2O2S-. The number of ketones is 1. The van der Waals surface area contributed by atoms with E-state index in [2.05, 4.69) is 93.5 Å². The summed E-state index contributed by atoms with van der Waals surface area (Å²) < 4.78 is 1.35. The molecule has 263 valence electrons. The van der Waals surface area contributed by atoms with Gasteiger partial charge in [0.25, 0.3) is 0 Å². The van der Waals surface area contributed by atoms with Gasteiger partial charge in [-0.15, -0.1) is 40.5 Å². The molecule has 2 aromatic carbocycles. The summed E-state index contributed by atoms with van der Waals surface area (Å²) in [6, 6.07) is 18.7. The molecule has 49 heavy (non-hydrogen) atoms. The molecule has 1 radical (unpaired) electrons. The van der Waals surface area contributed by atoms with Gasteiger partial charge in [-0.05, 0) is 66.0 Å². The summed E-state index contributed by atoms with van der Waals surface area (Å²) in [7, 11) is 0. The summed E-state index contributed by atoms with van der Waals surface area (Å²) in [6.07, 6.45) is 11.9. The summed E-state index contributed by atoms with van der Waals surface area (Å²) in [4.78, 5) is 21.0. The van der Waals surface area contributed by atoms with Crippen LogP contribution in [0.2, 0.25) is 0 Å². The maximum Gasteiger partial charge on any atom is 0.162 e. The first-order valence-corrected chi connectivity index (χ1v) is 18.5. The zero-order chi connectivity index (χ0) is 35.0. The van der Waals surface area contributed by atoms with Crippen molar-refractivity contribution < 1.29 is 30.0 Å². The number of aliphatic hydroxyl groups excluding tert-OH is 1. The summed E-state index contributed by atoms with van der Waals surface area (Å²) >= 11 is 1.82. The molecule has 0 aliphatic heterocycles. The molecule has 6 heteroatoms. The van der Waals surface area contributed by atoms with E-state index in [-0.39, 0.29) is 48.9 Å². The maximum absolute atomic E-state index is 11.7. The summed E-state index contributed by atoms with van der Waals surface area (Å²) in [5.41, 5.74) is 7.09. The van der Waals surface area contributed by atoms with Crippen molar-refractivity contribution >= 4 is 38.0 Å². The number of hydrogen-bond donors (Lipinski definition) is 1. The van der Waals surface area contributed by atoms with Gasteiger partial charge < -0.3 is 5.11 Å². The number of carbonyl (C=O) groups is 1. The van der Waals surface area contributed by atoms with Gasteiger partial charge in [0.1, 0.15) is 0 Å². The number of thiophene rings is 1. The van der Waals surface area contributed by atoms with Gasteiger partial charge in [-0.25, -0.2) is 0 Å². The Balaban J connectivity index is 0.000000347. The van der Waals surface area contributed by atoms with Crippen LogP contribution in [0, 0.1) is 23.8 Å². The maximum atomic E-state index is 11.7. The van der Waals surface area contributed by atoms with E-state index in [1.807, 2.05) is 57.6 Å². The third-order valence-corrected chi connectivity index (χ3v) is 10.3. The predicted octanol–water partition coefficient (Wildman–Crippen LogP) is 12.3. The van der Waals surface area contributed by atoms with Crippen molar-refractivity contribution in [2.45, 2.75) is 99.8 Å². The van der Waals surface area contributed by atoms with Crippen LogP contribution in [0.25, 0.3) is 43.2 Å². The Bertz CT molecular complexity index is 1860. The molecular weight excluding hydrogens is 801 g/mol. The number of carbonyl (C=O) groups excluding carboxylic acids is 1. The number of nitrogens with zero attached hydrogens (tertiary/aromatic N) is 2. The van der Waals surface area contributed by atoms with E-state index in [1.54, 1.807) is 0 Å². The fourth-order valence-electron chi connectivity index (χ4n) is 6.33. The smallest absolute Gasteiger partial charge is 0.162 e. The van der Waals surface area contributed by atoms with Crippen molar-refractivity contribution in [1.82, 2.24) is 9.97 Å². The largest absolute Gasteiger partial charge is 0.512 e. The molecule has 0 atom stereocenters. The first kappa shape index (κ1) is 40.3. The second kappa shape index (κ2) is 18.2. The Kier molecular flexibility index (Phi) is 14.9. The van der Waals surface area contributed by atoms with Gasteiger partial charge in [0.05, 0.1) is 5.76 Å². The SMILES string of the molecule is CC(C)Cc1cncc2c(-c3ccnc(-c4[c-]c5ccccc5c(C(C)(C)C)c4)c3)csc12.CCC(CC)C(=O)/C=C(\O)C(CC)CC.[Ir]. The minimum absolute atomic E-state index is 0. The third-order valence-electron chi connectivity index (χ3n) is 9.20. The molecule has 0 saturated carbocycles. The summed E-state index contributed by atoms with van der Waals surface area (Å²) in [6.45, 7) is 19.4. The van der Waals surface area contributed by atoms with E-state index < -0.39 is 0 Å². The van der Waals surface area contributed by atoms with E-state index in [4.69, 9.17) is 4.98 Å². The van der Waals surface area contributed by atoms with Crippen LogP contribution in [0.15, 0.2) is 78.3 Å². The van der Waals surface area contributed by atoms with Gasteiger partial charge in [0.15, 0.2) is 5.78 Å². The molecule has 5 aromatic rings. The zero-order valence-corrected chi connectivity index (χ0v) is 33.9.